The molecule has 1 unspecified atom stereocenters. The molecule has 2 fully saturated rings. The molecular weight excluding hydrogens is 390 g/mol. The number of anilines is 1. The van der Waals surface area contributed by atoms with E-state index in [1.54, 1.807) is 0 Å². The summed E-state index contributed by atoms with van der Waals surface area (Å²) in [7, 11) is 0. The first-order chi connectivity index (χ1) is 15.1. The summed E-state index contributed by atoms with van der Waals surface area (Å²) in [6.07, 6.45) is 8.87. The summed E-state index contributed by atoms with van der Waals surface area (Å²) in [6, 6.07) is 8.48. The largest absolute Gasteiger partial charge is 0.491 e. The SMILES string of the molecule is CC1CCC(Nc2ncc(-c3ccc(OC(C)C)cc3)c(OC3CCCOC3)n2)CC1. The summed E-state index contributed by atoms with van der Waals surface area (Å²) >= 11 is 0. The molecule has 1 atom stereocenters. The molecule has 0 amide bonds. The smallest absolute Gasteiger partial charge is 0.226 e. The zero-order valence-corrected chi connectivity index (χ0v) is 19.0. The van der Waals surface area contributed by atoms with Gasteiger partial charge in [-0.05, 0) is 76.0 Å². The molecule has 1 aliphatic carbocycles. The summed E-state index contributed by atoms with van der Waals surface area (Å²) in [5.74, 6) is 2.94. The van der Waals surface area contributed by atoms with Gasteiger partial charge < -0.3 is 19.5 Å². The average molecular weight is 426 g/mol. The molecule has 2 aliphatic rings. The Morgan fingerprint density at radius 2 is 1.84 bits per heavy atom. The summed E-state index contributed by atoms with van der Waals surface area (Å²) in [5, 5.41) is 3.53. The predicted octanol–water partition coefficient (Wildman–Crippen LogP) is 5.48. The van der Waals surface area contributed by atoms with Crippen LogP contribution in [0.1, 0.15) is 59.3 Å². The normalized spacial score (nSPS) is 24.1. The number of nitrogens with zero attached hydrogens (tertiary/aromatic N) is 2. The zero-order chi connectivity index (χ0) is 21.6. The molecule has 2 heterocycles. The van der Waals surface area contributed by atoms with E-state index in [0.717, 1.165) is 55.1 Å². The molecular formula is C25H35N3O3. The fourth-order valence-corrected chi connectivity index (χ4v) is 4.26. The van der Waals surface area contributed by atoms with Crippen LogP contribution in [-0.2, 0) is 4.74 Å². The standard InChI is InChI=1S/C25H35N3O3/c1-17(2)30-21-12-8-19(9-13-21)23-15-26-25(27-20-10-6-18(3)7-11-20)28-24(23)31-22-5-4-14-29-16-22/h8-9,12-13,15,17-18,20,22H,4-7,10-11,14,16H2,1-3H3,(H,26,27,28). The maximum Gasteiger partial charge on any atom is 0.226 e. The third-order valence-electron chi connectivity index (χ3n) is 6.04. The highest BCUT2D eigenvalue weighted by Crippen LogP contribution is 2.32. The van der Waals surface area contributed by atoms with Gasteiger partial charge in [-0.2, -0.15) is 4.98 Å². The van der Waals surface area contributed by atoms with E-state index in [-0.39, 0.29) is 12.2 Å². The van der Waals surface area contributed by atoms with E-state index in [9.17, 15) is 0 Å². The van der Waals surface area contributed by atoms with Crippen LogP contribution in [0.25, 0.3) is 11.1 Å². The van der Waals surface area contributed by atoms with Crippen LogP contribution in [0.4, 0.5) is 5.95 Å². The number of hydrogen-bond acceptors (Lipinski definition) is 6. The van der Waals surface area contributed by atoms with Gasteiger partial charge in [0.15, 0.2) is 0 Å². The molecule has 0 spiro atoms. The topological polar surface area (TPSA) is 65.5 Å². The Morgan fingerprint density at radius 3 is 2.52 bits per heavy atom. The van der Waals surface area contributed by atoms with Crippen molar-refractivity contribution in [2.75, 3.05) is 18.5 Å². The van der Waals surface area contributed by atoms with E-state index in [1.165, 1.54) is 12.8 Å². The summed E-state index contributed by atoms with van der Waals surface area (Å²) in [5.41, 5.74) is 1.91. The lowest BCUT2D eigenvalue weighted by atomic mass is 9.87. The molecule has 6 nitrogen and oxygen atoms in total. The monoisotopic (exact) mass is 425 g/mol. The fourth-order valence-electron chi connectivity index (χ4n) is 4.26. The van der Waals surface area contributed by atoms with Gasteiger partial charge in [-0.15, -0.1) is 0 Å². The number of hydrogen-bond donors (Lipinski definition) is 1. The van der Waals surface area contributed by atoms with E-state index in [0.29, 0.717) is 24.5 Å². The molecule has 1 aliphatic heterocycles. The lowest BCUT2D eigenvalue weighted by Crippen LogP contribution is -2.29. The minimum Gasteiger partial charge on any atom is -0.491 e. The van der Waals surface area contributed by atoms with E-state index in [2.05, 4.69) is 17.2 Å². The van der Waals surface area contributed by atoms with Crippen molar-refractivity contribution in [3.05, 3.63) is 30.5 Å². The Labute approximate surface area is 185 Å². The lowest BCUT2D eigenvalue weighted by molar-refractivity contribution is 0.00578. The quantitative estimate of drug-likeness (QED) is 0.634. The van der Waals surface area contributed by atoms with Crippen molar-refractivity contribution in [2.45, 2.75) is 77.5 Å². The maximum atomic E-state index is 6.34. The zero-order valence-electron chi connectivity index (χ0n) is 19.0. The second-order valence-electron chi connectivity index (χ2n) is 9.16. The van der Waals surface area contributed by atoms with Gasteiger partial charge in [-0.3, -0.25) is 0 Å². The highest BCUT2D eigenvalue weighted by Gasteiger charge is 2.22. The van der Waals surface area contributed by atoms with Crippen molar-refractivity contribution < 1.29 is 14.2 Å². The molecule has 0 radical (unpaired) electrons. The van der Waals surface area contributed by atoms with Crippen LogP contribution >= 0.6 is 0 Å². The van der Waals surface area contributed by atoms with Crippen LogP contribution in [0.2, 0.25) is 0 Å². The van der Waals surface area contributed by atoms with Crippen molar-refractivity contribution in [2.24, 2.45) is 5.92 Å². The van der Waals surface area contributed by atoms with E-state index in [4.69, 9.17) is 19.2 Å². The Hall–Kier alpha value is -2.34. The van der Waals surface area contributed by atoms with Gasteiger partial charge in [-0.1, -0.05) is 19.1 Å². The average Bonchev–Trinajstić information content (AvgIpc) is 2.77. The first-order valence-electron chi connectivity index (χ1n) is 11.7. The molecule has 1 N–H and O–H groups in total. The van der Waals surface area contributed by atoms with Crippen LogP contribution in [-0.4, -0.2) is 41.4 Å². The van der Waals surface area contributed by atoms with Crippen LogP contribution in [0.5, 0.6) is 11.6 Å². The minimum atomic E-state index is 0.0225. The Balaban J connectivity index is 1.55. The van der Waals surface area contributed by atoms with Crippen molar-refractivity contribution >= 4 is 5.95 Å². The second-order valence-corrected chi connectivity index (χ2v) is 9.16. The highest BCUT2D eigenvalue weighted by molar-refractivity contribution is 5.69. The number of nitrogens with one attached hydrogen (secondary N) is 1. The minimum absolute atomic E-state index is 0.0225. The number of aromatic nitrogens is 2. The van der Waals surface area contributed by atoms with E-state index >= 15 is 0 Å². The van der Waals surface area contributed by atoms with Gasteiger partial charge in [0, 0.05) is 18.8 Å². The van der Waals surface area contributed by atoms with Crippen LogP contribution in [0, 0.1) is 5.92 Å². The van der Waals surface area contributed by atoms with Gasteiger partial charge >= 0.3 is 0 Å². The van der Waals surface area contributed by atoms with E-state index in [1.807, 2.05) is 44.3 Å². The van der Waals surface area contributed by atoms with Crippen LogP contribution in [0.3, 0.4) is 0 Å². The van der Waals surface area contributed by atoms with Crippen LogP contribution < -0.4 is 14.8 Å². The predicted molar refractivity (Wildman–Crippen MR) is 123 cm³/mol. The first kappa shape index (κ1) is 21.9. The molecule has 4 rings (SSSR count). The van der Waals surface area contributed by atoms with E-state index < -0.39 is 0 Å². The molecule has 168 valence electrons. The molecule has 2 aromatic rings. The summed E-state index contributed by atoms with van der Waals surface area (Å²) < 4.78 is 17.7. The van der Waals surface area contributed by atoms with Crippen molar-refractivity contribution in [1.82, 2.24) is 9.97 Å². The number of benzene rings is 1. The first-order valence-corrected chi connectivity index (χ1v) is 11.7. The highest BCUT2D eigenvalue weighted by atomic mass is 16.5. The maximum absolute atomic E-state index is 6.34. The Morgan fingerprint density at radius 1 is 1.06 bits per heavy atom. The van der Waals surface area contributed by atoms with Gasteiger partial charge in [0.1, 0.15) is 11.9 Å². The molecule has 1 aromatic carbocycles. The molecule has 1 aromatic heterocycles. The summed E-state index contributed by atoms with van der Waals surface area (Å²) in [6.45, 7) is 7.79. The van der Waals surface area contributed by atoms with Gasteiger partial charge in [-0.25, -0.2) is 4.98 Å². The molecule has 0 bridgehead atoms. The number of rotatable bonds is 7. The molecule has 6 heteroatoms. The van der Waals surface area contributed by atoms with Crippen molar-refractivity contribution in [1.29, 1.82) is 0 Å². The van der Waals surface area contributed by atoms with Gasteiger partial charge in [0.25, 0.3) is 0 Å². The van der Waals surface area contributed by atoms with Crippen LogP contribution in [0.15, 0.2) is 30.5 Å². The third kappa shape index (κ3) is 6.10. The lowest BCUT2D eigenvalue weighted by Gasteiger charge is -2.27. The van der Waals surface area contributed by atoms with Gasteiger partial charge in [0.05, 0.1) is 18.3 Å². The van der Waals surface area contributed by atoms with Crippen molar-refractivity contribution in [3.63, 3.8) is 0 Å². The van der Waals surface area contributed by atoms with Gasteiger partial charge in [0.2, 0.25) is 11.8 Å². The molecule has 1 saturated heterocycles. The third-order valence-corrected chi connectivity index (χ3v) is 6.04. The summed E-state index contributed by atoms with van der Waals surface area (Å²) in [4.78, 5) is 9.42. The Bertz CT molecular complexity index is 826. The second kappa shape index (κ2) is 10.3. The number of ether oxygens (including phenoxy) is 3. The fraction of sp³-hybridized carbons (Fsp3) is 0.600. The molecule has 1 saturated carbocycles. The molecule has 31 heavy (non-hydrogen) atoms. The Kier molecular flexibility index (Phi) is 7.28. The van der Waals surface area contributed by atoms with Crippen molar-refractivity contribution in [3.8, 4) is 22.8 Å².